The lowest BCUT2D eigenvalue weighted by Gasteiger charge is -2.28. The highest BCUT2D eigenvalue weighted by Gasteiger charge is 2.21. The second-order valence-electron chi connectivity index (χ2n) is 9.79. The van der Waals surface area contributed by atoms with Crippen LogP contribution in [0.2, 0.25) is 0 Å². The van der Waals surface area contributed by atoms with E-state index in [1.165, 1.54) is 11.4 Å². The van der Waals surface area contributed by atoms with Crippen LogP contribution in [-0.2, 0) is 4.79 Å². The second kappa shape index (κ2) is 14.4. The third-order valence-corrected chi connectivity index (χ3v) is 6.40. The molecule has 206 valence electrons. The Bertz CT molecular complexity index is 1130. The van der Waals surface area contributed by atoms with Gasteiger partial charge in [-0.2, -0.15) is 0 Å². The summed E-state index contributed by atoms with van der Waals surface area (Å²) in [5.41, 5.74) is 6.12. The van der Waals surface area contributed by atoms with Gasteiger partial charge in [-0.25, -0.2) is 4.99 Å². The van der Waals surface area contributed by atoms with E-state index >= 15 is 0 Å². The summed E-state index contributed by atoms with van der Waals surface area (Å²) in [4.78, 5) is 24.4. The number of carbonyl (C=O) groups excluding carboxylic acids is 1. The topological polar surface area (TPSA) is 51.2 Å². The molecule has 0 atom stereocenters. The van der Waals surface area contributed by atoms with Crippen molar-refractivity contribution in [2.75, 3.05) is 42.3 Å². The van der Waals surface area contributed by atoms with Gasteiger partial charge in [-0.15, -0.1) is 0 Å². The minimum Gasteiger partial charge on any atom is -0.376 e. The van der Waals surface area contributed by atoms with E-state index in [9.17, 15) is 4.79 Å². The third-order valence-electron chi connectivity index (χ3n) is 6.40. The molecule has 38 heavy (non-hydrogen) atoms. The van der Waals surface area contributed by atoms with Crippen LogP contribution >= 0.6 is 0 Å². The molecule has 0 aliphatic heterocycles. The molecule has 0 amide bonds. The highest BCUT2D eigenvalue weighted by molar-refractivity contribution is 6.23. The molecule has 2 aromatic rings. The normalized spacial score (nSPS) is 14.1. The van der Waals surface area contributed by atoms with Gasteiger partial charge in [0.15, 0.2) is 0 Å². The van der Waals surface area contributed by atoms with E-state index in [1.54, 1.807) is 6.08 Å². The van der Waals surface area contributed by atoms with Crippen LogP contribution in [0, 0.1) is 0 Å². The number of allylic oxidation sites excluding steroid dienone is 2. The van der Waals surface area contributed by atoms with E-state index < -0.39 is 0 Å². The maximum absolute atomic E-state index is 12.9. The largest absolute Gasteiger partial charge is 0.376 e. The Morgan fingerprint density at radius 1 is 0.763 bits per heavy atom. The summed E-state index contributed by atoms with van der Waals surface area (Å²) in [6.07, 6.45) is 3.50. The SMILES string of the molecule is CC.CCN(c1ccc(N=C2C=C(Nc3ccc(N(CC)C(C)C)cc3)C(=O)C=C2N(C)C)cc1)C(C)C. The summed E-state index contributed by atoms with van der Waals surface area (Å²) in [6, 6.07) is 17.4. The summed E-state index contributed by atoms with van der Waals surface area (Å²) in [5, 5.41) is 3.31. The predicted octanol–water partition coefficient (Wildman–Crippen LogP) is 7.28. The molecule has 0 aromatic heterocycles. The Balaban J connectivity index is 0.00000247. The monoisotopic (exact) mass is 517 g/mol. The van der Waals surface area contributed by atoms with Crippen LogP contribution in [-0.4, -0.2) is 55.7 Å². The summed E-state index contributed by atoms with van der Waals surface area (Å²) >= 11 is 0. The number of anilines is 3. The van der Waals surface area contributed by atoms with Crippen LogP contribution in [0.1, 0.15) is 55.4 Å². The number of hydrogen-bond donors (Lipinski definition) is 1. The Morgan fingerprint density at radius 3 is 1.66 bits per heavy atom. The molecule has 0 spiro atoms. The lowest BCUT2D eigenvalue weighted by molar-refractivity contribution is -0.111. The first kappa shape index (κ1) is 30.7. The molecule has 1 aliphatic rings. The molecule has 0 saturated carbocycles. The molecule has 6 heteroatoms. The predicted molar refractivity (Wildman–Crippen MR) is 166 cm³/mol. The molecule has 1 aliphatic carbocycles. The molecular weight excluding hydrogens is 470 g/mol. The van der Waals surface area contributed by atoms with Crippen LogP contribution in [0.3, 0.4) is 0 Å². The van der Waals surface area contributed by atoms with Gasteiger partial charge >= 0.3 is 0 Å². The van der Waals surface area contributed by atoms with E-state index in [1.807, 2.05) is 63.2 Å². The fourth-order valence-corrected chi connectivity index (χ4v) is 4.54. The van der Waals surface area contributed by atoms with Gasteiger partial charge in [0.2, 0.25) is 5.78 Å². The molecular formula is C32H47N5O. The quantitative estimate of drug-likeness (QED) is 0.336. The van der Waals surface area contributed by atoms with Gasteiger partial charge in [0.1, 0.15) is 0 Å². The first-order valence-electron chi connectivity index (χ1n) is 13.9. The number of benzene rings is 2. The van der Waals surface area contributed by atoms with Crippen LogP contribution in [0.5, 0.6) is 0 Å². The molecule has 1 N–H and O–H groups in total. The number of nitrogens with one attached hydrogen (secondary N) is 1. The number of rotatable bonds is 10. The van der Waals surface area contributed by atoms with Crippen LogP contribution in [0.4, 0.5) is 22.7 Å². The molecule has 0 unspecified atom stereocenters. The van der Waals surface area contributed by atoms with Gasteiger partial charge in [0, 0.05) is 62.4 Å². The standard InChI is InChI=1S/C30H41N5O.C2H6/c1-9-34(21(3)4)25-15-11-23(12-16-25)31-27-19-28(30(36)20-29(27)33(7)8)32-24-13-17-26(18-14-24)35(10-2)22(5)6;1-2/h11-22,32H,9-10H2,1-8H3;1-2H3. The van der Waals surface area contributed by atoms with Gasteiger partial charge in [-0.1, -0.05) is 13.8 Å². The van der Waals surface area contributed by atoms with Crippen molar-refractivity contribution in [3.63, 3.8) is 0 Å². The van der Waals surface area contributed by atoms with Gasteiger partial charge in [-0.3, -0.25) is 4.79 Å². The second-order valence-corrected chi connectivity index (χ2v) is 9.79. The van der Waals surface area contributed by atoms with Crippen molar-refractivity contribution in [2.24, 2.45) is 4.99 Å². The fraction of sp³-hybridized carbons (Fsp3) is 0.438. The van der Waals surface area contributed by atoms with Crippen molar-refractivity contribution < 1.29 is 4.79 Å². The first-order valence-corrected chi connectivity index (χ1v) is 13.9. The zero-order valence-corrected chi connectivity index (χ0v) is 25.0. The van der Waals surface area contributed by atoms with E-state index in [0.29, 0.717) is 17.8 Å². The molecule has 2 aromatic carbocycles. The Labute approximate surface area is 230 Å². The van der Waals surface area contributed by atoms with E-state index in [2.05, 4.69) is 80.9 Å². The lowest BCUT2D eigenvalue weighted by Crippen LogP contribution is -2.30. The van der Waals surface area contributed by atoms with Crippen molar-refractivity contribution in [1.29, 1.82) is 0 Å². The average molecular weight is 518 g/mol. The highest BCUT2D eigenvalue weighted by atomic mass is 16.1. The van der Waals surface area contributed by atoms with Crippen molar-refractivity contribution in [1.82, 2.24) is 4.90 Å². The molecule has 0 saturated heterocycles. The molecule has 0 heterocycles. The number of hydrogen-bond acceptors (Lipinski definition) is 6. The smallest absolute Gasteiger partial charge is 0.204 e. The minimum absolute atomic E-state index is 0.0649. The van der Waals surface area contributed by atoms with Crippen molar-refractivity contribution in [2.45, 2.75) is 67.5 Å². The molecule has 0 radical (unpaired) electrons. The van der Waals surface area contributed by atoms with Gasteiger partial charge in [-0.05, 0) is 96.1 Å². The summed E-state index contributed by atoms with van der Waals surface area (Å²) in [6.45, 7) is 19.0. The van der Waals surface area contributed by atoms with E-state index in [-0.39, 0.29) is 5.78 Å². The van der Waals surface area contributed by atoms with Gasteiger partial charge in [0.25, 0.3) is 0 Å². The van der Waals surface area contributed by atoms with E-state index in [0.717, 1.165) is 35.9 Å². The molecule has 6 nitrogen and oxygen atoms in total. The molecule has 3 rings (SSSR count). The minimum atomic E-state index is -0.0649. The number of aliphatic imine (C=N–C) groups is 1. The highest BCUT2D eigenvalue weighted by Crippen LogP contribution is 2.26. The summed E-state index contributed by atoms with van der Waals surface area (Å²) in [7, 11) is 3.86. The van der Waals surface area contributed by atoms with Gasteiger partial charge < -0.3 is 20.0 Å². The zero-order valence-electron chi connectivity index (χ0n) is 25.0. The van der Waals surface area contributed by atoms with E-state index in [4.69, 9.17) is 4.99 Å². The van der Waals surface area contributed by atoms with Crippen LogP contribution < -0.4 is 15.1 Å². The first-order chi connectivity index (χ1) is 18.1. The van der Waals surface area contributed by atoms with Crippen LogP contribution in [0.25, 0.3) is 0 Å². The maximum atomic E-state index is 12.9. The number of nitrogens with zero attached hydrogens (tertiary/aromatic N) is 4. The van der Waals surface area contributed by atoms with Crippen molar-refractivity contribution >= 4 is 34.2 Å². The summed E-state index contributed by atoms with van der Waals surface area (Å²) < 4.78 is 0. The summed E-state index contributed by atoms with van der Waals surface area (Å²) in [5.74, 6) is -0.0649. The Hall–Kier alpha value is -3.54. The Morgan fingerprint density at radius 2 is 1.24 bits per heavy atom. The van der Waals surface area contributed by atoms with Gasteiger partial charge in [0.05, 0.1) is 22.8 Å². The molecule has 0 bridgehead atoms. The maximum Gasteiger partial charge on any atom is 0.204 e. The van der Waals surface area contributed by atoms with Crippen molar-refractivity contribution in [3.05, 3.63) is 72.1 Å². The zero-order chi connectivity index (χ0) is 28.4. The average Bonchev–Trinajstić information content (AvgIpc) is 2.89. The Kier molecular flexibility index (Phi) is 11.6. The van der Waals surface area contributed by atoms with Crippen LogP contribution in [0.15, 0.2) is 77.1 Å². The molecule has 0 fully saturated rings. The number of carbonyl (C=O) groups is 1. The lowest BCUT2D eigenvalue weighted by atomic mass is 10.0. The fourth-order valence-electron chi connectivity index (χ4n) is 4.54. The third kappa shape index (κ3) is 7.73. The number of ketones is 1. The van der Waals surface area contributed by atoms with Crippen molar-refractivity contribution in [3.8, 4) is 0 Å².